The fourth-order valence-corrected chi connectivity index (χ4v) is 5.24. The Morgan fingerprint density at radius 2 is 1.72 bits per heavy atom. The maximum absolute atomic E-state index is 11.7. The molecule has 0 unspecified atom stereocenters. The number of nitrogens with zero attached hydrogens (tertiary/aromatic N) is 4. The molecule has 12 heteroatoms. The highest BCUT2D eigenvalue weighted by molar-refractivity contribution is 7.98. The third-order valence-corrected chi connectivity index (χ3v) is 7.33. The van der Waals surface area contributed by atoms with Crippen molar-refractivity contribution in [2.24, 2.45) is 0 Å². The second kappa shape index (κ2) is 13.8. The van der Waals surface area contributed by atoms with Gasteiger partial charge in [0, 0.05) is 11.8 Å². The number of benzene rings is 3. The fraction of sp³-hybridized carbons (Fsp3) is 0.161. The maximum Gasteiger partial charge on any atom is 0.344 e. The van der Waals surface area contributed by atoms with Gasteiger partial charge in [-0.1, -0.05) is 77.4 Å². The van der Waals surface area contributed by atoms with Crippen LogP contribution in [0.2, 0.25) is 10.0 Å². The van der Waals surface area contributed by atoms with Crippen molar-refractivity contribution < 1.29 is 24.2 Å². The second-order valence-corrected chi connectivity index (χ2v) is 10.6. The highest BCUT2D eigenvalue weighted by atomic mass is 35.5. The first-order valence-corrected chi connectivity index (χ1v) is 15.1. The largest absolute Gasteiger partial charge is 0.489 e. The molecule has 0 radical (unpaired) electrons. The van der Waals surface area contributed by atoms with Crippen molar-refractivity contribution >= 4 is 40.9 Å². The van der Waals surface area contributed by atoms with Crippen LogP contribution in [0.4, 0.5) is 0 Å². The highest BCUT2D eigenvalue weighted by Gasteiger charge is 2.26. The maximum atomic E-state index is 11.7. The molecule has 2 aromatic heterocycles. The molecule has 1 N–H and O–H groups in total. The SMILES string of the molecule is CCOC(=O)COc1cc(Cl)c(-c2nc(-c3ccnc(SC)n3)c(-c3cccc(OCc4ccccc4)c3)n2O)c(Cl)c1. The molecule has 0 bridgehead atoms. The molecule has 5 aromatic rings. The molecule has 0 spiro atoms. The average Bonchev–Trinajstić information content (AvgIpc) is 3.36. The molecule has 0 saturated heterocycles. The van der Waals surface area contributed by atoms with Crippen LogP contribution in [-0.4, -0.2) is 50.3 Å². The lowest BCUT2D eigenvalue weighted by molar-refractivity contribution is -0.145. The molecule has 9 nitrogen and oxygen atoms in total. The van der Waals surface area contributed by atoms with Crippen molar-refractivity contribution in [1.82, 2.24) is 19.7 Å². The minimum atomic E-state index is -0.525. The van der Waals surface area contributed by atoms with Crippen molar-refractivity contribution in [3.05, 3.63) is 94.6 Å². The van der Waals surface area contributed by atoms with E-state index in [0.717, 1.165) is 10.3 Å². The van der Waals surface area contributed by atoms with Gasteiger partial charge in [0.1, 0.15) is 29.5 Å². The molecule has 0 aliphatic rings. The van der Waals surface area contributed by atoms with E-state index in [1.165, 1.54) is 23.9 Å². The third kappa shape index (κ3) is 7.05. The molecule has 220 valence electrons. The Bertz CT molecular complexity index is 1730. The molecular weight excluding hydrogens is 611 g/mol. The monoisotopic (exact) mass is 636 g/mol. The van der Waals surface area contributed by atoms with E-state index in [1.807, 2.05) is 60.9 Å². The van der Waals surface area contributed by atoms with E-state index in [-0.39, 0.29) is 40.4 Å². The molecule has 5 rings (SSSR count). The van der Waals surface area contributed by atoms with Crippen molar-refractivity contribution in [3.8, 4) is 45.5 Å². The van der Waals surface area contributed by atoms with Gasteiger partial charge in [0.25, 0.3) is 0 Å². The smallest absolute Gasteiger partial charge is 0.344 e. The van der Waals surface area contributed by atoms with Crippen LogP contribution in [0.3, 0.4) is 0 Å². The Balaban J connectivity index is 1.57. The van der Waals surface area contributed by atoms with Crippen molar-refractivity contribution in [2.75, 3.05) is 19.5 Å². The summed E-state index contributed by atoms with van der Waals surface area (Å²) in [5.74, 6) is 0.411. The van der Waals surface area contributed by atoms with Crippen molar-refractivity contribution in [3.63, 3.8) is 0 Å². The molecule has 0 aliphatic heterocycles. The molecule has 43 heavy (non-hydrogen) atoms. The number of carbonyl (C=O) groups is 1. The zero-order chi connectivity index (χ0) is 30.3. The molecular formula is C31H26Cl2N4O5S. The van der Waals surface area contributed by atoms with Gasteiger partial charge in [0.05, 0.1) is 27.9 Å². The van der Waals surface area contributed by atoms with Gasteiger partial charge in [0.2, 0.25) is 0 Å². The fourth-order valence-electron chi connectivity index (χ4n) is 4.25. The standard InChI is InChI=1S/C31H26Cl2N4O5S/c1-3-40-26(38)18-42-22-15-23(32)27(24(33)16-22)30-36-28(25-12-13-34-31(35-25)43-2)29(37(30)39)20-10-7-11-21(14-20)41-17-19-8-5-4-6-9-19/h4-16,39H,3,17-18H2,1-2H3. The van der Waals surface area contributed by atoms with Crippen LogP contribution in [0.15, 0.2) is 84.1 Å². The number of imidazole rings is 1. The van der Waals surface area contributed by atoms with E-state index in [1.54, 1.807) is 19.2 Å². The number of thioether (sulfide) groups is 1. The minimum Gasteiger partial charge on any atom is -0.489 e. The van der Waals surface area contributed by atoms with Crippen LogP contribution in [0.1, 0.15) is 12.5 Å². The van der Waals surface area contributed by atoms with Crippen LogP contribution in [-0.2, 0) is 16.1 Å². The van der Waals surface area contributed by atoms with Crippen LogP contribution >= 0.6 is 35.0 Å². The first kappa shape index (κ1) is 30.2. The van der Waals surface area contributed by atoms with Crippen LogP contribution in [0.25, 0.3) is 34.0 Å². The zero-order valence-corrected chi connectivity index (χ0v) is 25.5. The molecule has 2 heterocycles. The summed E-state index contributed by atoms with van der Waals surface area (Å²) in [4.78, 5) is 25.4. The van der Waals surface area contributed by atoms with Gasteiger partial charge in [0.15, 0.2) is 17.6 Å². The Morgan fingerprint density at radius 3 is 2.44 bits per heavy atom. The lowest BCUT2D eigenvalue weighted by atomic mass is 10.1. The van der Waals surface area contributed by atoms with E-state index in [2.05, 4.69) is 9.97 Å². The summed E-state index contributed by atoms with van der Waals surface area (Å²) in [5.41, 5.74) is 3.12. The molecule has 0 aliphatic carbocycles. The lowest BCUT2D eigenvalue weighted by Crippen LogP contribution is -2.14. The van der Waals surface area contributed by atoms with Crippen LogP contribution in [0.5, 0.6) is 11.5 Å². The molecule has 0 amide bonds. The normalized spacial score (nSPS) is 10.9. The van der Waals surface area contributed by atoms with E-state index < -0.39 is 5.97 Å². The average molecular weight is 638 g/mol. The molecule has 0 fully saturated rings. The summed E-state index contributed by atoms with van der Waals surface area (Å²) in [6, 6.07) is 21.8. The van der Waals surface area contributed by atoms with Crippen molar-refractivity contribution in [1.29, 1.82) is 0 Å². The summed E-state index contributed by atoms with van der Waals surface area (Å²) in [5, 5.41) is 12.5. The van der Waals surface area contributed by atoms with Gasteiger partial charge in [-0.15, -0.1) is 0 Å². The Kier molecular flexibility index (Phi) is 9.71. The molecule has 0 saturated carbocycles. The predicted molar refractivity (Wildman–Crippen MR) is 166 cm³/mol. The number of hydrogen-bond donors (Lipinski definition) is 1. The first-order chi connectivity index (χ1) is 20.9. The van der Waals surface area contributed by atoms with Gasteiger partial charge in [-0.05, 0) is 49.1 Å². The molecule has 0 atom stereocenters. The number of rotatable bonds is 11. The van der Waals surface area contributed by atoms with Gasteiger partial charge in [-0.3, -0.25) is 0 Å². The number of esters is 1. The summed E-state index contributed by atoms with van der Waals surface area (Å²) in [6.45, 7) is 2.01. The highest BCUT2D eigenvalue weighted by Crippen LogP contribution is 2.42. The second-order valence-electron chi connectivity index (χ2n) is 9.03. The summed E-state index contributed by atoms with van der Waals surface area (Å²) in [7, 11) is 0. The third-order valence-electron chi connectivity index (χ3n) is 6.17. The summed E-state index contributed by atoms with van der Waals surface area (Å²) in [6.07, 6.45) is 3.50. The van der Waals surface area contributed by atoms with Gasteiger partial charge in [-0.25, -0.2) is 19.7 Å². The predicted octanol–water partition coefficient (Wildman–Crippen LogP) is 7.46. The number of ether oxygens (including phenoxy) is 3. The van der Waals surface area contributed by atoms with E-state index in [9.17, 15) is 10.0 Å². The zero-order valence-electron chi connectivity index (χ0n) is 23.2. The quantitative estimate of drug-likeness (QED) is 0.0683. The topological polar surface area (TPSA) is 109 Å². The number of hydrogen-bond acceptors (Lipinski definition) is 9. The van der Waals surface area contributed by atoms with Gasteiger partial charge in [-0.2, -0.15) is 4.73 Å². The lowest BCUT2D eigenvalue weighted by Gasteiger charge is -2.12. The van der Waals surface area contributed by atoms with E-state index in [4.69, 9.17) is 42.4 Å². The van der Waals surface area contributed by atoms with Crippen LogP contribution < -0.4 is 9.47 Å². The van der Waals surface area contributed by atoms with E-state index >= 15 is 0 Å². The van der Waals surface area contributed by atoms with Crippen LogP contribution in [0, 0.1) is 0 Å². The Labute approximate surface area is 262 Å². The van der Waals surface area contributed by atoms with Crippen molar-refractivity contribution in [2.45, 2.75) is 18.7 Å². The van der Waals surface area contributed by atoms with E-state index in [0.29, 0.717) is 40.2 Å². The number of aromatic nitrogens is 4. The Morgan fingerprint density at radius 1 is 0.953 bits per heavy atom. The number of halogens is 2. The number of carbonyl (C=O) groups excluding carboxylic acids is 1. The van der Waals surface area contributed by atoms with Gasteiger partial charge < -0.3 is 19.4 Å². The molecule has 3 aromatic carbocycles. The van der Waals surface area contributed by atoms with Gasteiger partial charge >= 0.3 is 5.97 Å². The summed E-state index contributed by atoms with van der Waals surface area (Å²) < 4.78 is 17.4. The summed E-state index contributed by atoms with van der Waals surface area (Å²) >= 11 is 14.7. The first-order valence-electron chi connectivity index (χ1n) is 13.1. The minimum absolute atomic E-state index is 0.0804. The Hall–Kier alpha value is -4.25.